The molecule has 0 spiro atoms. The van der Waals surface area contributed by atoms with Crippen LogP contribution in [0, 0.1) is 5.92 Å². The van der Waals surface area contributed by atoms with E-state index < -0.39 is 24.9 Å². The summed E-state index contributed by atoms with van der Waals surface area (Å²) in [5.41, 5.74) is 0. The van der Waals surface area contributed by atoms with Crippen molar-refractivity contribution in [3.63, 3.8) is 0 Å². The lowest BCUT2D eigenvalue weighted by atomic mass is 9.99. The van der Waals surface area contributed by atoms with Crippen molar-refractivity contribution in [1.82, 2.24) is 0 Å². The van der Waals surface area contributed by atoms with E-state index in [9.17, 15) is 16.8 Å². The molecular formula is C14H20O5S3. The molecule has 3 atom stereocenters. The zero-order valence-electron chi connectivity index (χ0n) is 12.2. The van der Waals surface area contributed by atoms with Gasteiger partial charge in [-0.3, -0.25) is 0 Å². The first kappa shape index (κ1) is 16.4. The van der Waals surface area contributed by atoms with Crippen LogP contribution in [0.1, 0.15) is 25.7 Å². The van der Waals surface area contributed by atoms with E-state index in [-0.39, 0.29) is 27.7 Å². The molecule has 0 radical (unpaired) electrons. The molecule has 22 heavy (non-hydrogen) atoms. The summed E-state index contributed by atoms with van der Waals surface area (Å²) in [6.45, 7) is 0.755. The lowest BCUT2D eigenvalue weighted by molar-refractivity contribution is 0.0990. The molecule has 0 N–H and O–H groups in total. The third-order valence-electron chi connectivity index (χ3n) is 4.47. The summed E-state index contributed by atoms with van der Waals surface area (Å²) in [7, 11) is -6.84. The van der Waals surface area contributed by atoms with Gasteiger partial charge in [0.2, 0.25) is 0 Å². The average Bonchev–Trinajstić information content (AvgIpc) is 3.17. The minimum atomic E-state index is -3.56. The van der Waals surface area contributed by atoms with E-state index in [1.807, 2.05) is 0 Å². The Bertz CT molecular complexity index is 700. The van der Waals surface area contributed by atoms with Crippen molar-refractivity contribution in [2.45, 2.75) is 41.2 Å². The number of hydrogen-bond acceptors (Lipinski definition) is 6. The predicted molar refractivity (Wildman–Crippen MR) is 85.6 cm³/mol. The summed E-state index contributed by atoms with van der Waals surface area (Å²) in [6, 6.07) is 3.24. The molecule has 0 bridgehead atoms. The Morgan fingerprint density at radius 2 is 2.09 bits per heavy atom. The van der Waals surface area contributed by atoms with E-state index in [1.165, 1.54) is 0 Å². The van der Waals surface area contributed by atoms with Gasteiger partial charge < -0.3 is 4.74 Å². The Balaban J connectivity index is 1.77. The van der Waals surface area contributed by atoms with E-state index in [4.69, 9.17) is 4.74 Å². The van der Waals surface area contributed by atoms with Crippen molar-refractivity contribution < 1.29 is 21.6 Å². The molecule has 0 saturated carbocycles. The van der Waals surface area contributed by atoms with E-state index >= 15 is 0 Å². The summed E-state index contributed by atoms with van der Waals surface area (Å²) in [6.07, 6.45) is 3.52. The molecule has 0 amide bonds. The number of rotatable bonds is 5. The summed E-state index contributed by atoms with van der Waals surface area (Å²) in [4.78, 5) is 0. The maximum absolute atomic E-state index is 12.7. The van der Waals surface area contributed by atoms with Crippen LogP contribution in [0.25, 0.3) is 0 Å². The fraction of sp³-hybridized carbons (Fsp3) is 0.714. The molecule has 3 rings (SSSR count). The molecule has 2 fully saturated rings. The van der Waals surface area contributed by atoms with Gasteiger partial charge in [0.05, 0.1) is 22.9 Å². The first-order chi connectivity index (χ1) is 10.4. The van der Waals surface area contributed by atoms with Gasteiger partial charge in [0.25, 0.3) is 0 Å². The highest BCUT2D eigenvalue weighted by atomic mass is 32.2. The van der Waals surface area contributed by atoms with Crippen LogP contribution >= 0.6 is 11.3 Å². The van der Waals surface area contributed by atoms with Crippen LogP contribution in [0.4, 0.5) is 0 Å². The molecule has 0 aromatic carbocycles. The van der Waals surface area contributed by atoms with Crippen molar-refractivity contribution in [2.24, 2.45) is 5.92 Å². The monoisotopic (exact) mass is 364 g/mol. The molecule has 2 saturated heterocycles. The van der Waals surface area contributed by atoms with E-state index in [0.29, 0.717) is 6.42 Å². The van der Waals surface area contributed by atoms with Gasteiger partial charge in [-0.2, -0.15) is 0 Å². The first-order valence-corrected chi connectivity index (χ1v) is 11.7. The number of sulfone groups is 2. The van der Waals surface area contributed by atoms with E-state index in [2.05, 4.69) is 0 Å². The van der Waals surface area contributed by atoms with Crippen molar-refractivity contribution in [3.05, 3.63) is 17.5 Å². The fourth-order valence-electron chi connectivity index (χ4n) is 3.35. The third-order valence-corrected chi connectivity index (χ3v) is 10.2. The highest BCUT2D eigenvalue weighted by Crippen LogP contribution is 2.35. The topological polar surface area (TPSA) is 77.5 Å². The third kappa shape index (κ3) is 3.39. The van der Waals surface area contributed by atoms with Crippen LogP contribution in [0.2, 0.25) is 0 Å². The lowest BCUT2D eigenvalue weighted by Gasteiger charge is -2.19. The van der Waals surface area contributed by atoms with Gasteiger partial charge in [-0.15, -0.1) is 11.3 Å². The predicted octanol–water partition coefficient (Wildman–Crippen LogP) is 1.89. The molecule has 124 valence electrons. The summed E-state index contributed by atoms with van der Waals surface area (Å²) in [5, 5.41) is 0.898. The quantitative estimate of drug-likeness (QED) is 0.797. The zero-order chi connectivity index (χ0) is 15.8. The molecule has 1 aromatic rings. The second kappa shape index (κ2) is 6.22. The molecular weight excluding hydrogens is 344 g/mol. The molecule has 2 aliphatic rings. The van der Waals surface area contributed by atoms with Gasteiger partial charge >= 0.3 is 0 Å². The molecule has 3 heterocycles. The van der Waals surface area contributed by atoms with Gasteiger partial charge in [0, 0.05) is 6.61 Å². The van der Waals surface area contributed by atoms with Gasteiger partial charge in [-0.05, 0) is 43.0 Å². The van der Waals surface area contributed by atoms with Gasteiger partial charge in [-0.1, -0.05) is 6.07 Å². The lowest BCUT2D eigenvalue weighted by Crippen LogP contribution is -2.29. The number of hydrogen-bond donors (Lipinski definition) is 0. The smallest absolute Gasteiger partial charge is 0.191 e. The highest BCUT2D eigenvalue weighted by Gasteiger charge is 2.45. The largest absolute Gasteiger partial charge is 0.378 e. The van der Waals surface area contributed by atoms with Crippen LogP contribution < -0.4 is 0 Å². The summed E-state index contributed by atoms with van der Waals surface area (Å²) < 4.78 is 55.2. The first-order valence-electron chi connectivity index (χ1n) is 7.48. The Hall–Kier alpha value is -0.440. The average molecular weight is 365 g/mol. The molecule has 5 nitrogen and oxygen atoms in total. The molecule has 1 aromatic heterocycles. The summed E-state index contributed by atoms with van der Waals surface area (Å²) >= 11 is 1.15. The maximum atomic E-state index is 12.7. The summed E-state index contributed by atoms with van der Waals surface area (Å²) in [5.74, 6) is -0.584. The van der Waals surface area contributed by atoms with Crippen LogP contribution in [0.3, 0.4) is 0 Å². The van der Waals surface area contributed by atoms with Crippen LogP contribution in [0.15, 0.2) is 21.7 Å². The van der Waals surface area contributed by atoms with Crippen molar-refractivity contribution in [1.29, 1.82) is 0 Å². The van der Waals surface area contributed by atoms with Gasteiger partial charge in [0.1, 0.15) is 4.21 Å². The van der Waals surface area contributed by atoms with E-state index in [1.54, 1.807) is 17.5 Å². The van der Waals surface area contributed by atoms with Crippen LogP contribution in [-0.2, 0) is 24.4 Å². The SMILES string of the molecule is O=S1(=O)C[C@H](CCC2CCCO2)[C@@H](S(=O)(=O)c2cccs2)C1. The standard InChI is InChI=1S/C14H20O5S3/c15-21(16)9-11(5-6-12-3-1-7-19-12)13(10-21)22(17,18)14-4-2-8-20-14/h2,4,8,11-13H,1,3,5-7,9-10H2/t11-,12?,13-/m0/s1. The highest BCUT2D eigenvalue weighted by molar-refractivity contribution is 7.97. The normalized spacial score (nSPS) is 31.5. The van der Waals surface area contributed by atoms with Crippen molar-refractivity contribution in [3.8, 4) is 0 Å². The minimum absolute atomic E-state index is 0.0189. The van der Waals surface area contributed by atoms with Gasteiger partial charge in [0.15, 0.2) is 19.7 Å². The van der Waals surface area contributed by atoms with Gasteiger partial charge in [-0.25, -0.2) is 16.8 Å². The molecule has 8 heteroatoms. The number of thiophene rings is 1. The Morgan fingerprint density at radius 1 is 1.27 bits per heavy atom. The Labute approximate surface area is 135 Å². The van der Waals surface area contributed by atoms with Crippen LogP contribution in [0.5, 0.6) is 0 Å². The molecule has 1 unspecified atom stereocenters. The minimum Gasteiger partial charge on any atom is -0.378 e. The Morgan fingerprint density at radius 3 is 2.73 bits per heavy atom. The van der Waals surface area contributed by atoms with Crippen molar-refractivity contribution >= 4 is 31.0 Å². The van der Waals surface area contributed by atoms with Crippen LogP contribution in [-0.4, -0.2) is 46.3 Å². The van der Waals surface area contributed by atoms with E-state index in [0.717, 1.165) is 37.2 Å². The fourth-order valence-corrected chi connectivity index (χ4v) is 9.60. The molecule has 2 aliphatic heterocycles. The maximum Gasteiger partial charge on any atom is 0.191 e. The second-order valence-electron chi connectivity index (χ2n) is 6.06. The van der Waals surface area contributed by atoms with Crippen molar-refractivity contribution in [2.75, 3.05) is 18.1 Å². The zero-order valence-corrected chi connectivity index (χ0v) is 14.6. The molecule has 0 aliphatic carbocycles. The second-order valence-corrected chi connectivity index (χ2v) is 11.6. The number of ether oxygens (including phenoxy) is 1. The Kier molecular flexibility index (Phi) is 4.64.